The van der Waals surface area contributed by atoms with Crippen LogP contribution in [0.5, 0.6) is 17.2 Å². The number of ether oxygens (including phenoxy) is 3. The van der Waals surface area contributed by atoms with Crippen LogP contribution < -0.4 is 30.1 Å². The summed E-state index contributed by atoms with van der Waals surface area (Å²) in [4.78, 5) is 0. The van der Waals surface area contributed by atoms with E-state index >= 15 is 4.57 Å². The van der Waals surface area contributed by atoms with E-state index in [1.54, 1.807) is 0 Å². The maximum Gasteiger partial charge on any atom is 0.171 e. The lowest BCUT2D eigenvalue weighted by molar-refractivity contribution is 0.306. The summed E-state index contributed by atoms with van der Waals surface area (Å²) in [5.74, 6) is 2.09. The molecule has 0 aliphatic heterocycles. The summed E-state index contributed by atoms with van der Waals surface area (Å²) >= 11 is 0. The van der Waals surface area contributed by atoms with Crippen molar-refractivity contribution < 1.29 is 18.8 Å². The molecule has 6 aromatic carbocycles. The molecule has 248 valence electrons. The summed E-state index contributed by atoms with van der Waals surface area (Å²) in [5, 5.41) is 2.10. The summed E-state index contributed by atoms with van der Waals surface area (Å²) in [6.45, 7) is 12.7. The first-order valence-corrected chi connectivity index (χ1v) is 18.1. The lowest BCUT2D eigenvalue weighted by Crippen LogP contribution is -2.25. The minimum absolute atomic E-state index is 0.425. The van der Waals surface area contributed by atoms with E-state index in [4.69, 9.17) is 14.2 Å². The highest BCUT2D eigenvalue weighted by Gasteiger charge is 2.30. The summed E-state index contributed by atoms with van der Waals surface area (Å²) in [5.41, 5.74) is 6.34. The minimum atomic E-state index is -3.29. The van der Waals surface area contributed by atoms with Crippen molar-refractivity contribution in [2.24, 2.45) is 0 Å². The van der Waals surface area contributed by atoms with E-state index in [2.05, 4.69) is 19.7 Å². The first kappa shape index (κ1) is 34.0. The number of hydrogen-bond donors (Lipinski definition) is 0. The first-order valence-electron chi connectivity index (χ1n) is 16.4. The van der Waals surface area contributed by atoms with Gasteiger partial charge in [-0.05, 0) is 106 Å². The van der Waals surface area contributed by atoms with Crippen molar-refractivity contribution in [1.29, 1.82) is 0 Å². The normalized spacial score (nSPS) is 11.0. The zero-order valence-electron chi connectivity index (χ0n) is 27.9. The predicted molar refractivity (Wildman–Crippen MR) is 208 cm³/mol. The summed E-state index contributed by atoms with van der Waals surface area (Å²) in [7, 11) is -3.29. The second-order valence-corrected chi connectivity index (χ2v) is 14.6. The van der Waals surface area contributed by atoms with Crippen LogP contribution in [-0.4, -0.2) is 0 Å². The fourth-order valence-corrected chi connectivity index (χ4v) is 8.06. The standard InChI is InChI=1S/C45H39O4P/c1-4-34-7-13-37(14-8-34)31-47-40-19-25-43(26-20-40)50(46,44-27-21-41(22-28-44)48-32-38-15-9-35(5-2)10-16-38)45-29-23-42(24-30-45)49-33-39-17-11-36(6-3)12-18-39/h4-30H,1-3,31-33H2. The Morgan fingerprint density at radius 2 is 0.620 bits per heavy atom. The largest absolute Gasteiger partial charge is 0.489 e. The van der Waals surface area contributed by atoms with Crippen molar-refractivity contribution >= 4 is 41.3 Å². The van der Waals surface area contributed by atoms with Gasteiger partial charge >= 0.3 is 0 Å². The molecule has 5 heteroatoms. The quantitative estimate of drug-likeness (QED) is 0.102. The molecule has 0 saturated carbocycles. The molecule has 0 N–H and O–H groups in total. The van der Waals surface area contributed by atoms with Crippen LogP contribution in [0.4, 0.5) is 0 Å². The van der Waals surface area contributed by atoms with Crippen molar-refractivity contribution in [2.45, 2.75) is 19.8 Å². The summed E-state index contributed by atoms with van der Waals surface area (Å²) in [6, 6.07) is 46.9. The Balaban J connectivity index is 1.22. The number of benzene rings is 6. The van der Waals surface area contributed by atoms with Crippen molar-refractivity contribution in [3.63, 3.8) is 0 Å². The second-order valence-electron chi connectivity index (χ2n) is 11.8. The van der Waals surface area contributed by atoms with E-state index in [9.17, 15) is 0 Å². The molecule has 4 nitrogen and oxygen atoms in total. The molecule has 6 rings (SSSR count). The lowest BCUT2D eigenvalue weighted by Gasteiger charge is -2.21. The number of rotatable bonds is 15. The summed E-state index contributed by atoms with van der Waals surface area (Å²) in [6.07, 6.45) is 5.45. The van der Waals surface area contributed by atoms with Gasteiger partial charge in [-0.1, -0.05) is 111 Å². The highest BCUT2D eigenvalue weighted by Crippen LogP contribution is 2.43. The topological polar surface area (TPSA) is 44.8 Å². The smallest absolute Gasteiger partial charge is 0.171 e. The van der Waals surface area contributed by atoms with E-state index in [1.165, 1.54) is 0 Å². The highest BCUT2D eigenvalue weighted by molar-refractivity contribution is 7.85. The Hall–Kier alpha value is -5.83. The SMILES string of the molecule is C=Cc1ccc(COc2ccc(P(=O)(c3ccc(OCc4ccc(C=C)cc4)cc3)c3ccc(OCc4ccc(C=C)cc4)cc3)cc2)cc1. The van der Waals surface area contributed by atoms with E-state index in [-0.39, 0.29) is 0 Å². The zero-order chi connectivity index (χ0) is 34.8. The molecule has 0 aromatic heterocycles. The zero-order valence-corrected chi connectivity index (χ0v) is 28.8. The molecule has 0 atom stereocenters. The van der Waals surface area contributed by atoms with Crippen LogP contribution in [0.2, 0.25) is 0 Å². The van der Waals surface area contributed by atoms with Crippen LogP contribution >= 0.6 is 7.14 Å². The first-order chi connectivity index (χ1) is 24.5. The van der Waals surface area contributed by atoms with Crippen LogP contribution in [0, 0.1) is 0 Å². The van der Waals surface area contributed by atoms with Crippen molar-refractivity contribution in [2.75, 3.05) is 0 Å². The van der Waals surface area contributed by atoms with E-state index in [1.807, 2.05) is 164 Å². The van der Waals surface area contributed by atoms with Crippen LogP contribution in [0.3, 0.4) is 0 Å². The van der Waals surface area contributed by atoms with Gasteiger partial charge in [-0.2, -0.15) is 0 Å². The molecular weight excluding hydrogens is 635 g/mol. The van der Waals surface area contributed by atoms with Crippen LogP contribution in [0.15, 0.2) is 165 Å². The van der Waals surface area contributed by atoms with Crippen LogP contribution in [0.1, 0.15) is 33.4 Å². The fraction of sp³-hybridized carbons (Fsp3) is 0.0667. The molecule has 0 heterocycles. The third-order valence-electron chi connectivity index (χ3n) is 8.46. The Morgan fingerprint density at radius 1 is 0.380 bits per heavy atom. The highest BCUT2D eigenvalue weighted by atomic mass is 31.2. The van der Waals surface area contributed by atoms with Gasteiger partial charge in [0.1, 0.15) is 37.1 Å². The Labute approximate surface area is 295 Å². The van der Waals surface area contributed by atoms with Crippen LogP contribution in [0.25, 0.3) is 18.2 Å². The molecule has 0 fully saturated rings. The maximum absolute atomic E-state index is 15.3. The molecule has 0 radical (unpaired) electrons. The molecule has 0 aliphatic carbocycles. The van der Waals surface area contributed by atoms with E-state index < -0.39 is 7.14 Å². The third-order valence-corrected chi connectivity index (χ3v) is 11.5. The second kappa shape index (κ2) is 16.0. The van der Waals surface area contributed by atoms with Crippen molar-refractivity contribution in [1.82, 2.24) is 0 Å². The maximum atomic E-state index is 15.3. The average molecular weight is 675 g/mol. The van der Waals surface area contributed by atoms with Crippen LogP contribution in [-0.2, 0) is 24.4 Å². The molecule has 50 heavy (non-hydrogen) atoms. The van der Waals surface area contributed by atoms with Gasteiger partial charge in [0.25, 0.3) is 0 Å². The number of hydrogen-bond acceptors (Lipinski definition) is 4. The molecule has 0 amide bonds. The molecule has 0 aliphatic rings. The lowest BCUT2D eigenvalue weighted by atomic mass is 10.1. The fourth-order valence-electron chi connectivity index (χ4n) is 5.45. The summed E-state index contributed by atoms with van der Waals surface area (Å²) < 4.78 is 33.5. The molecular formula is C45H39O4P. The van der Waals surface area contributed by atoms with Gasteiger partial charge in [-0.3, -0.25) is 0 Å². The third kappa shape index (κ3) is 8.23. The molecule has 0 bridgehead atoms. The Kier molecular flexibility index (Phi) is 10.9. The van der Waals surface area contributed by atoms with Gasteiger partial charge in [-0.25, -0.2) is 0 Å². The van der Waals surface area contributed by atoms with Crippen molar-refractivity contribution in [3.8, 4) is 17.2 Å². The Bertz CT molecular complexity index is 1830. The van der Waals surface area contributed by atoms with Crippen molar-refractivity contribution in [3.05, 3.63) is 199 Å². The van der Waals surface area contributed by atoms with Gasteiger partial charge in [0.05, 0.1) is 0 Å². The van der Waals surface area contributed by atoms with Gasteiger partial charge in [-0.15, -0.1) is 0 Å². The predicted octanol–water partition coefficient (Wildman–Crippen LogP) is 9.99. The average Bonchev–Trinajstić information content (AvgIpc) is 3.19. The van der Waals surface area contributed by atoms with E-state index in [0.717, 1.165) is 33.4 Å². The monoisotopic (exact) mass is 674 g/mol. The molecule has 0 unspecified atom stereocenters. The molecule has 0 spiro atoms. The Morgan fingerprint density at radius 3 is 0.840 bits per heavy atom. The van der Waals surface area contributed by atoms with Gasteiger partial charge in [0.15, 0.2) is 7.14 Å². The van der Waals surface area contributed by atoms with E-state index in [0.29, 0.717) is 53.0 Å². The molecule has 0 saturated heterocycles. The van der Waals surface area contributed by atoms with Gasteiger partial charge in [0, 0.05) is 15.9 Å². The van der Waals surface area contributed by atoms with Gasteiger partial charge < -0.3 is 18.8 Å². The minimum Gasteiger partial charge on any atom is -0.489 e. The van der Waals surface area contributed by atoms with Gasteiger partial charge in [0.2, 0.25) is 0 Å². The molecule has 6 aromatic rings.